The SMILES string of the molecule is CN(Cc1ccnn1C)C(=O)c1ccc(COc2c(F)c(F)cc(F)c2F)o1. The van der Waals surface area contributed by atoms with Crippen molar-refractivity contribution < 1.29 is 31.5 Å². The second-order valence-electron chi connectivity index (χ2n) is 5.96. The van der Waals surface area contributed by atoms with Crippen LogP contribution in [0.5, 0.6) is 5.75 Å². The Hall–Kier alpha value is -3.30. The topological polar surface area (TPSA) is 60.5 Å². The summed E-state index contributed by atoms with van der Waals surface area (Å²) in [6.07, 6.45) is 1.60. The summed E-state index contributed by atoms with van der Waals surface area (Å²) >= 11 is 0. The van der Waals surface area contributed by atoms with Crippen LogP contribution in [0.1, 0.15) is 22.0 Å². The van der Waals surface area contributed by atoms with E-state index < -0.39 is 41.5 Å². The van der Waals surface area contributed by atoms with Crippen molar-refractivity contribution in [2.24, 2.45) is 7.05 Å². The van der Waals surface area contributed by atoms with Crippen LogP contribution in [-0.2, 0) is 20.2 Å². The number of carbonyl (C=O) groups is 1. The van der Waals surface area contributed by atoms with Crippen LogP contribution >= 0.6 is 0 Å². The van der Waals surface area contributed by atoms with Gasteiger partial charge in [-0.2, -0.15) is 13.9 Å². The highest BCUT2D eigenvalue weighted by molar-refractivity contribution is 5.91. The van der Waals surface area contributed by atoms with E-state index in [0.29, 0.717) is 0 Å². The highest BCUT2D eigenvalue weighted by Gasteiger charge is 2.22. The monoisotopic (exact) mass is 397 g/mol. The molecule has 28 heavy (non-hydrogen) atoms. The molecule has 1 amide bonds. The minimum atomic E-state index is -1.65. The van der Waals surface area contributed by atoms with Gasteiger partial charge in [0, 0.05) is 26.4 Å². The highest BCUT2D eigenvalue weighted by atomic mass is 19.2. The molecule has 2 aromatic heterocycles. The van der Waals surface area contributed by atoms with Crippen molar-refractivity contribution in [2.75, 3.05) is 7.05 Å². The molecule has 0 aliphatic heterocycles. The fraction of sp³-hybridized carbons (Fsp3) is 0.222. The van der Waals surface area contributed by atoms with Crippen LogP contribution in [0.15, 0.2) is 34.9 Å². The molecule has 148 valence electrons. The van der Waals surface area contributed by atoms with E-state index in [1.807, 2.05) is 0 Å². The molecule has 0 atom stereocenters. The molecule has 3 rings (SSSR count). The average Bonchev–Trinajstić information content (AvgIpc) is 3.29. The third kappa shape index (κ3) is 3.85. The number of carbonyl (C=O) groups excluding carboxylic acids is 1. The molecule has 6 nitrogen and oxygen atoms in total. The normalized spacial score (nSPS) is 10.9. The van der Waals surface area contributed by atoms with Gasteiger partial charge in [-0.15, -0.1) is 0 Å². The molecule has 0 N–H and O–H groups in total. The van der Waals surface area contributed by atoms with Gasteiger partial charge in [0.1, 0.15) is 12.4 Å². The number of benzene rings is 1. The molecule has 3 aromatic rings. The first-order valence-corrected chi connectivity index (χ1v) is 8.04. The fourth-order valence-corrected chi connectivity index (χ4v) is 2.45. The summed E-state index contributed by atoms with van der Waals surface area (Å²) in [6, 6.07) is 4.56. The summed E-state index contributed by atoms with van der Waals surface area (Å²) in [4.78, 5) is 13.8. The van der Waals surface area contributed by atoms with Crippen molar-refractivity contribution in [1.82, 2.24) is 14.7 Å². The second kappa shape index (κ2) is 7.75. The van der Waals surface area contributed by atoms with Gasteiger partial charge in [-0.1, -0.05) is 0 Å². The molecule has 0 aliphatic rings. The van der Waals surface area contributed by atoms with Crippen LogP contribution in [0.25, 0.3) is 0 Å². The van der Waals surface area contributed by atoms with Gasteiger partial charge in [-0.05, 0) is 18.2 Å². The van der Waals surface area contributed by atoms with Crippen LogP contribution in [-0.4, -0.2) is 27.6 Å². The molecule has 0 saturated heterocycles. The average molecular weight is 397 g/mol. The van der Waals surface area contributed by atoms with Crippen molar-refractivity contribution in [3.05, 3.63) is 70.9 Å². The van der Waals surface area contributed by atoms with Crippen LogP contribution in [0.3, 0.4) is 0 Å². The lowest BCUT2D eigenvalue weighted by Crippen LogP contribution is -2.26. The molecule has 0 bridgehead atoms. The Kier molecular flexibility index (Phi) is 5.39. The number of ether oxygens (including phenoxy) is 1. The summed E-state index contributed by atoms with van der Waals surface area (Å²) in [5.74, 6) is -8.11. The van der Waals surface area contributed by atoms with Gasteiger partial charge in [0.25, 0.3) is 5.91 Å². The lowest BCUT2D eigenvalue weighted by Gasteiger charge is -2.15. The molecule has 2 heterocycles. The third-order valence-electron chi connectivity index (χ3n) is 3.97. The molecule has 0 aliphatic carbocycles. The van der Waals surface area contributed by atoms with Crippen molar-refractivity contribution in [2.45, 2.75) is 13.2 Å². The predicted octanol–water partition coefficient (Wildman–Crippen LogP) is 3.42. The van der Waals surface area contributed by atoms with Crippen molar-refractivity contribution in [3.63, 3.8) is 0 Å². The Morgan fingerprint density at radius 1 is 1.18 bits per heavy atom. The standard InChI is InChI=1S/C18H15F4N3O3/c1-24(8-10-5-6-23-25(10)2)18(26)14-4-3-11(28-14)9-27-17-15(21)12(19)7-13(20)16(17)22/h3-7H,8-9H2,1-2H3. The number of hydrogen-bond acceptors (Lipinski definition) is 4. The summed E-state index contributed by atoms with van der Waals surface area (Å²) < 4.78 is 65.3. The van der Waals surface area contributed by atoms with Gasteiger partial charge >= 0.3 is 0 Å². The number of hydrogen-bond donors (Lipinski definition) is 0. The second-order valence-corrected chi connectivity index (χ2v) is 5.96. The number of aromatic nitrogens is 2. The minimum absolute atomic E-state index is 0.0327. The van der Waals surface area contributed by atoms with E-state index in [4.69, 9.17) is 9.15 Å². The number of amides is 1. The molecule has 0 radical (unpaired) electrons. The zero-order valence-corrected chi connectivity index (χ0v) is 14.9. The number of rotatable bonds is 6. The first-order chi connectivity index (χ1) is 13.3. The Morgan fingerprint density at radius 3 is 2.46 bits per heavy atom. The summed E-state index contributed by atoms with van der Waals surface area (Å²) in [7, 11) is 3.30. The lowest BCUT2D eigenvalue weighted by molar-refractivity contribution is 0.0745. The molecule has 0 saturated carbocycles. The van der Waals surface area contributed by atoms with E-state index in [1.54, 1.807) is 31.0 Å². The Labute approximate surface area is 156 Å². The molecule has 10 heteroatoms. The number of furan rings is 1. The van der Waals surface area contributed by atoms with Crippen LogP contribution < -0.4 is 4.74 Å². The van der Waals surface area contributed by atoms with E-state index in [1.165, 1.54) is 17.0 Å². The van der Waals surface area contributed by atoms with Crippen molar-refractivity contribution >= 4 is 5.91 Å². The Balaban J connectivity index is 1.68. The van der Waals surface area contributed by atoms with Crippen molar-refractivity contribution in [1.29, 1.82) is 0 Å². The van der Waals surface area contributed by atoms with E-state index in [9.17, 15) is 22.4 Å². The maximum Gasteiger partial charge on any atom is 0.289 e. The van der Waals surface area contributed by atoms with Gasteiger partial charge in [0.2, 0.25) is 11.6 Å². The van der Waals surface area contributed by atoms with Crippen LogP contribution in [0, 0.1) is 23.3 Å². The van der Waals surface area contributed by atoms with Gasteiger partial charge < -0.3 is 14.1 Å². The number of halogens is 4. The van der Waals surface area contributed by atoms with E-state index in [0.717, 1.165) is 5.69 Å². The van der Waals surface area contributed by atoms with E-state index >= 15 is 0 Å². The fourth-order valence-electron chi connectivity index (χ4n) is 2.45. The Bertz CT molecular complexity index is 989. The van der Waals surface area contributed by atoms with Crippen LogP contribution in [0.2, 0.25) is 0 Å². The molecule has 0 spiro atoms. The molecular formula is C18H15F4N3O3. The van der Waals surface area contributed by atoms with Gasteiger partial charge in [0.05, 0.1) is 12.2 Å². The summed E-state index contributed by atoms with van der Waals surface area (Å²) in [6.45, 7) is -0.254. The summed E-state index contributed by atoms with van der Waals surface area (Å²) in [5.41, 5.74) is 0.796. The molecule has 1 aromatic carbocycles. The third-order valence-corrected chi connectivity index (χ3v) is 3.97. The number of aryl methyl sites for hydroxylation is 1. The predicted molar refractivity (Wildman–Crippen MR) is 88.3 cm³/mol. The molecule has 0 fully saturated rings. The Morgan fingerprint density at radius 2 is 1.86 bits per heavy atom. The number of nitrogens with zero attached hydrogens (tertiary/aromatic N) is 3. The van der Waals surface area contributed by atoms with Gasteiger partial charge in [-0.25, -0.2) is 8.78 Å². The lowest BCUT2D eigenvalue weighted by atomic mass is 10.3. The smallest absolute Gasteiger partial charge is 0.289 e. The van der Waals surface area contributed by atoms with Gasteiger partial charge in [0.15, 0.2) is 23.1 Å². The first kappa shape index (κ1) is 19.5. The minimum Gasteiger partial charge on any atom is -0.479 e. The highest BCUT2D eigenvalue weighted by Crippen LogP contribution is 2.27. The largest absolute Gasteiger partial charge is 0.479 e. The molecule has 0 unspecified atom stereocenters. The maximum atomic E-state index is 13.6. The first-order valence-electron chi connectivity index (χ1n) is 8.04. The van der Waals surface area contributed by atoms with E-state index in [2.05, 4.69) is 5.10 Å². The zero-order valence-electron chi connectivity index (χ0n) is 14.9. The van der Waals surface area contributed by atoms with Crippen molar-refractivity contribution in [3.8, 4) is 5.75 Å². The quantitative estimate of drug-likeness (QED) is 0.472. The maximum absolute atomic E-state index is 13.6. The zero-order chi connectivity index (χ0) is 20.4. The molecular weight excluding hydrogens is 382 g/mol. The van der Waals surface area contributed by atoms with Gasteiger partial charge in [-0.3, -0.25) is 9.48 Å². The van der Waals surface area contributed by atoms with E-state index in [-0.39, 0.29) is 24.1 Å². The summed E-state index contributed by atoms with van der Waals surface area (Å²) in [5, 5.41) is 4.01. The van der Waals surface area contributed by atoms with Crippen LogP contribution in [0.4, 0.5) is 17.6 Å².